The highest BCUT2D eigenvalue weighted by molar-refractivity contribution is 6.34. The molecule has 1 aromatic carbocycles. The number of nitrogens with one attached hydrogen (secondary N) is 4. The van der Waals surface area contributed by atoms with Crippen LogP contribution in [0.5, 0.6) is 0 Å². The minimum absolute atomic E-state index is 0.229. The molecule has 0 bridgehead atoms. The van der Waals surface area contributed by atoms with Gasteiger partial charge < -0.3 is 25.7 Å². The minimum atomic E-state index is -0.541. The third kappa shape index (κ3) is 4.35. The van der Waals surface area contributed by atoms with Crippen molar-refractivity contribution in [2.45, 2.75) is 20.8 Å². The third-order valence-electron chi connectivity index (χ3n) is 4.71. The number of H-pyrrole nitrogens is 1. The van der Waals surface area contributed by atoms with E-state index >= 15 is 0 Å². The first-order valence-corrected chi connectivity index (χ1v) is 9.52. The Labute approximate surface area is 172 Å². The van der Waals surface area contributed by atoms with Gasteiger partial charge in [0, 0.05) is 35.7 Å². The summed E-state index contributed by atoms with van der Waals surface area (Å²) in [6, 6.07) is 4.10. The van der Waals surface area contributed by atoms with Crippen LogP contribution in [-0.4, -0.2) is 42.6 Å². The maximum atomic E-state index is 13.6. The minimum Gasteiger partial charge on any atom is -0.450 e. The van der Waals surface area contributed by atoms with E-state index in [1.54, 1.807) is 26.8 Å². The summed E-state index contributed by atoms with van der Waals surface area (Å²) >= 11 is 0. The lowest BCUT2D eigenvalue weighted by molar-refractivity contribution is -0.110. The lowest BCUT2D eigenvalue weighted by Crippen LogP contribution is -2.35. The number of anilines is 1. The maximum absolute atomic E-state index is 13.6. The zero-order chi connectivity index (χ0) is 21.8. The molecular weight excluding hydrogens is 391 g/mol. The van der Waals surface area contributed by atoms with E-state index in [2.05, 4.69) is 20.9 Å². The fourth-order valence-corrected chi connectivity index (χ4v) is 3.32. The topological polar surface area (TPSA) is 112 Å². The number of hydrogen-bond acceptors (Lipinski definition) is 4. The number of fused-ring (bicyclic) bond motifs is 1. The molecule has 0 fully saturated rings. The van der Waals surface area contributed by atoms with Crippen LogP contribution in [0.25, 0.3) is 11.6 Å². The lowest BCUT2D eigenvalue weighted by atomic mass is 10.0. The van der Waals surface area contributed by atoms with Gasteiger partial charge >= 0.3 is 6.09 Å². The van der Waals surface area contributed by atoms with Gasteiger partial charge in [0.1, 0.15) is 5.82 Å². The zero-order valence-corrected chi connectivity index (χ0v) is 16.9. The molecule has 4 N–H and O–H groups in total. The van der Waals surface area contributed by atoms with Gasteiger partial charge in [0.2, 0.25) is 0 Å². The van der Waals surface area contributed by atoms with Crippen molar-refractivity contribution >= 4 is 35.2 Å². The van der Waals surface area contributed by atoms with Gasteiger partial charge in [-0.3, -0.25) is 9.59 Å². The molecule has 0 spiro atoms. The number of halogens is 1. The molecule has 1 aliphatic rings. The summed E-state index contributed by atoms with van der Waals surface area (Å²) in [4.78, 5) is 39.3. The molecular formula is C21H23FN4O4. The Morgan fingerprint density at radius 2 is 1.93 bits per heavy atom. The number of ether oxygens (including phenoxy) is 1. The van der Waals surface area contributed by atoms with Crippen molar-refractivity contribution in [3.8, 4) is 0 Å². The summed E-state index contributed by atoms with van der Waals surface area (Å²) in [5, 5.41) is 7.96. The zero-order valence-electron chi connectivity index (χ0n) is 16.9. The highest BCUT2D eigenvalue weighted by atomic mass is 19.1. The molecule has 1 aromatic heterocycles. The summed E-state index contributed by atoms with van der Waals surface area (Å²) in [5.41, 5.74) is 3.67. The van der Waals surface area contributed by atoms with Crippen LogP contribution >= 0.6 is 0 Å². The van der Waals surface area contributed by atoms with Gasteiger partial charge in [-0.05, 0) is 50.6 Å². The maximum Gasteiger partial charge on any atom is 0.407 e. The fraction of sp³-hybridized carbons (Fsp3) is 0.286. The van der Waals surface area contributed by atoms with Gasteiger partial charge in [-0.2, -0.15) is 0 Å². The highest BCUT2D eigenvalue weighted by Gasteiger charge is 2.26. The summed E-state index contributed by atoms with van der Waals surface area (Å²) < 4.78 is 18.4. The Kier molecular flexibility index (Phi) is 6.20. The smallest absolute Gasteiger partial charge is 0.407 e. The van der Waals surface area contributed by atoms with Gasteiger partial charge in [0.25, 0.3) is 11.8 Å². The first-order chi connectivity index (χ1) is 14.3. The number of amides is 3. The van der Waals surface area contributed by atoms with Crippen LogP contribution in [0, 0.1) is 19.7 Å². The first-order valence-electron chi connectivity index (χ1n) is 9.52. The number of aryl methyl sites for hydroxylation is 1. The number of carbonyl (C=O) groups is 3. The van der Waals surface area contributed by atoms with Gasteiger partial charge in [0.05, 0.1) is 17.7 Å². The Balaban J connectivity index is 1.76. The van der Waals surface area contributed by atoms with E-state index in [1.165, 1.54) is 18.2 Å². The third-order valence-corrected chi connectivity index (χ3v) is 4.71. The van der Waals surface area contributed by atoms with Crippen LogP contribution in [0.2, 0.25) is 0 Å². The Morgan fingerprint density at radius 1 is 1.20 bits per heavy atom. The van der Waals surface area contributed by atoms with Gasteiger partial charge in [0.15, 0.2) is 0 Å². The first kappa shape index (κ1) is 21.1. The normalized spacial score (nSPS) is 13.7. The molecule has 3 rings (SSSR count). The molecule has 2 aromatic rings. The second-order valence-electron chi connectivity index (χ2n) is 6.77. The van der Waals surface area contributed by atoms with E-state index in [9.17, 15) is 18.8 Å². The van der Waals surface area contributed by atoms with Gasteiger partial charge in [-0.1, -0.05) is 0 Å². The van der Waals surface area contributed by atoms with E-state index < -0.39 is 11.9 Å². The van der Waals surface area contributed by atoms with E-state index in [4.69, 9.17) is 4.74 Å². The molecule has 30 heavy (non-hydrogen) atoms. The monoisotopic (exact) mass is 414 g/mol. The molecule has 0 unspecified atom stereocenters. The average Bonchev–Trinajstić information content (AvgIpc) is 3.15. The Bertz CT molecular complexity index is 1040. The summed E-state index contributed by atoms with van der Waals surface area (Å²) in [7, 11) is 0. The van der Waals surface area contributed by atoms with E-state index in [0.29, 0.717) is 39.3 Å². The van der Waals surface area contributed by atoms with Crippen molar-refractivity contribution in [1.29, 1.82) is 0 Å². The number of aromatic amines is 1. The SMILES string of the molecule is CCOC(=O)NCCNC(=O)c1c(C)[nH]c(C=C2C(=O)Nc3ccc(F)cc32)c1C. The molecule has 9 heteroatoms. The largest absolute Gasteiger partial charge is 0.450 e. The van der Waals surface area contributed by atoms with Crippen molar-refractivity contribution in [3.63, 3.8) is 0 Å². The van der Waals surface area contributed by atoms with Crippen molar-refractivity contribution in [3.05, 3.63) is 52.1 Å². The quantitative estimate of drug-likeness (QED) is 0.430. The molecule has 0 saturated carbocycles. The van der Waals surface area contributed by atoms with Crippen molar-refractivity contribution in [1.82, 2.24) is 15.6 Å². The van der Waals surface area contributed by atoms with E-state index in [-0.39, 0.29) is 31.5 Å². The molecule has 8 nitrogen and oxygen atoms in total. The number of hydrogen-bond donors (Lipinski definition) is 4. The number of carbonyl (C=O) groups excluding carboxylic acids is 3. The van der Waals surface area contributed by atoms with Crippen LogP contribution < -0.4 is 16.0 Å². The fourth-order valence-electron chi connectivity index (χ4n) is 3.32. The molecule has 0 saturated heterocycles. The molecule has 0 radical (unpaired) electrons. The van der Waals surface area contributed by atoms with Crippen LogP contribution in [0.4, 0.5) is 14.9 Å². The predicted octanol–water partition coefficient (Wildman–Crippen LogP) is 2.74. The number of aromatic nitrogens is 1. The van der Waals surface area contributed by atoms with Crippen LogP contribution in [0.1, 0.15) is 39.8 Å². The van der Waals surface area contributed by atoms with Crippen molar-refractivity contribution < 1.29 is 23.5 Å². The summed E-state index contributed by atoms with van der Waals surface area (Å²) in [6.45, 7) is 5.95. The summed E-state index contributed by atoms with van der Waals surface area (Å²) in [5.74, 6) is -1.08. The van der Waals surface area contributed by atoms with Gasteiger partial charge in [-0.25, -0.2) is 9.18 Å². The second kappa shape index (κ2) is 8.81. The number of benzene rings is 1. The van der Waals surface area contributed by atoms with Crippen molar-refractivity contribution in [2.75, 3.05) is 25.0 Å². The predicted molar refractivity (Wildman–Crippen MR) is 111 cm³/mol. The lowest BCUT2D eigenvalue weighted by Gasteiger charge is -2.07. The summed E-state index contributed by atoms with van der Waals surface area (Å²) in [6.07, 6.45) is 1.07. The molecule has 0 atom stereocenters. The van der Waals surface area contributed by atoms with Crippen LogP contribution in [0.15, 0.2) is 18.2 Å². The standard InChI is InChI=1S/C21H23FN4O4/c1-4-30-21(29)24-8-7-23-20(28)18-11(2)17(25-12(18)3)10-15-14-9-13(22)5-6-16(14)26-19(15)27/h5-6,9-10,25H,4,7-8H2,1-3H3,(H,23,28)(H,24,29)(H,26,27). The van der Waals surface area contributed by atoms with Crippen LogP contribution in [-0.2, 0) is 9.53 Å². The molecule has 0 aliphatic carbocycles. The average molecular weight is 414 g/mol. The Morgan fingerprint density at radius 3 is 2.67 bits per heavy atom. The molecule has 1 aliphatic heterocycles. The number of alkyl carbamates (subject to hydrolysis) is 1. The van der Waals surface area contributed by atoms with E-state index in [0.717, 1.165) is 0 Å². The van der Waals surface area contributed by atoms with Gasteiger partial charge in [-0.15, -0.1) is 0 Å². The Hall–Kier alpha value is -3.62. The molecule has 158 valence electrons. The van der Waals surface area contributed by atoms with Crippen molar-refractivity contribution in [2.24, 2.45) is 0 Å². The second-order valence-corrected chi connectivity index (χ2v) is 6.77. The van der Waals surface area contributed by atoms with Crippen LogP contribution in [0.3, 0.4) is 0 Å². The highest BCUT2D eigenvalue weighted by Crippen LogP contribution is 2.34. The van der Waals surface area contributed by atoms with E-state index in [1.807, 2.05) is 0 Å². The molecule has 2 heterocycles. The number of rotatable bonds is 6. The molecule has 3 amide bonds.